The Labute approximate surface area is 99.8 Å². The number of pyridine rings is 1. The second-order valence-electron chi connectivity index (χ2n) is 2.67. The van der Waals surface area contributed by atoms with Gasteiger partial charge in [0.15, 0.2) is 0 Å². The zero-order chi connectivity index (χ0) is 10.4. The Morgan fingerprint density at radius 2 is 2.29 bits per heavy atom. The molecule has 0 fully saturated rings. The van der Waals surface area contributed by atoms with Crippen LogP contribution >= 0.6 is 31.9 Å². The van der Waals surface area contributed by atoms with Crippen molar-refractivity contribution in [1.29, 1.82) is 5.26 Å². The number of nitrogens with one attached hydrogen (secondary N) is 1. The van der Waals surface area contributed by atoms with Crippen molar-refractivity contribution in [2.75, 3.05) is 6.54 Å². The fourth-order valence-corrected chi connectivity index (χ4v) is 2.05. The summed E-state index contributed by atoms with van der Waals surface area (Å²) >= 11 is 6.75. The minimum Gasteiger partial charge on any atom is -0.310 e. The smallest absolute Gasteiger partial charge is 0.0684 e. The number of nitrogens with zero attached hydrogens (tertiary/aromatic N) is 2. The third-order valence-corrected chi connectivity index (χ3v) is 2.71. The highest BCUT2D eigenvalue weighted by Crippen LogP contribution is 2.19. The van der Waals surface area contributed by atoms with Crippen LogP contribution in [0.25, 0.3) is 0 Å². The average Bonchev–Trinajstić information content (AvgIpc) is 2.15. The van der Waals surface area contributed by atoms with Crippen molar-refractivity contribution < 1.29 is 0 Å². The molecule has 14 heavy (non-hydrogen) atoms. The van der Waals surface area contributed by atoms with Crippen LogP contribution in [0.1, 0.15) is 12.1 Å². The Morgan fingerprint density at radius 1 is 1.50 bits per heavy atom. The maximum absolute atomic E-state index is 8.33. The predicted molar refractivity (Wildman–Crippen MR) is 61.6 cm³/mol. The predicted octanol–water partition coefficient (Wildman–Crippen LogP) is 2.61. The second kappa shape index (κ2) is 6.12. The van der Waals surface area contributed by atoms with Crippen molar-refractivity contribution >= 4 is 31.9 Å². The van der Waals surface area contributed by atoms with Crippen LogP contribution in [0.2, 0.25) is 0 Å². The van der Waals surface area contributed by atoms with E-state index in [1.54, 1.807) is 6.20 Å². The average molecular weight is 319 g/mol. The molecule has 0 aliphatic carbocycles. The molecule has 0 radical (unpaired) electrons. The first-order chi connectivity index (χ1) is 6.74. The van der Waals surface area contributed by atoms with Crippen LogP contribution in [0.4, 0.5) is 0 Å². The van der Waals surface area contributed by atoms with Gasteiger partial charge in [-0.3, -0.25) is 4.98 Å². The summed E-state index contributed by atoms with van der Waals surface area (Å²) in [6.07, 6.45) is 2.28. The van der Waals surface area contributed by atoms with E-state index in [-0.39, 0.29) is 0 Å². The summed E-state index contributed by atoms with van der Waals surface area (Å²) in [7, 11) is 0. The molecule has 74 valence electrons. The van der Waals surface area contributed by atoms with Crippen LogP contribution < -0.4 is 5.32 Å². The Morgan fingerprint density at radius 3 is 2.93 bits per heavy atom. The fourth-order valence-electron chi connectivity index (χ4n) is 0.924. The topological polar surface area (TPSA) is 48.7 Å². The third kappa shape index (κ3) is 3.74. The van der Waals surface area contributed by atoms with Crippen LogP contribution in [-0.2, 0) is 6.54 Å². The first-order valence-corrected chi connectivity index (χ1v) is 5.70. The van der Waals surface area contributed by atoms with Gasteiger partial charge in [0.1, 0.15) is 0 Å². The van der Waals surface area contributed by atoms with Gasteiger partial charge in [-0.2, -0.15) is 5.26 Å². The SMILES string of the molecule is N#CCCNCc1ncc(Br)cc1Br. The van der Waals surface area contributed by atoms with Gasteiger partial charge in [0, 0.05) is 34.7 Å². The molecule has 0 bridgehead atoms. The van der Waals surface area contributed by atoms with Crippen molar-refractivity contribution in [1.82, 2.24) is 10.3 Å². The van der Waals surface area contributed by atoms with Crippen LogP contribution in [0, 0.1) is 11.3 Å². The van der Waals surface area contributed by atoms with Gasteiger partial charge >= 0.3 is 0 Å². The van der Waals surface area contributed by atoms with Gasteiger partial charge in [-0.05, 0) is 37.9 Å². The monoisotopic (exact) mass is 317 g/mol. The van der Waals surface area contributed by atoms with Gasteiger partial charge in [-0.15, -0.1) is 0 Å². The molecule has 1 rings (SSSR count). The van der Waals surface area contributed by atoms with Crippen molar-refractivity contribution in [3.05, 3.63) is 26.9 Å². The lowest BCUT2D eigenvalue weighted by molar-refractivity contribution is 0.683. The largest absolute Gasteiger partial charge is 0.310 e. The fraction of sp³-hybridized carbons (Fsp3) is 0.333. The standard InChI is InChI=1S/C9H9Br2N3/c10-7-4-8(11)9(14-5-7)6-13-3-1-2-12/h4-5,13H,1,3,6H2. The zero-order valence-electron chi connectivity index (χ0n) is 7.43. The molecule has 0 aliphatic heterocycles. The van der Waals surface area contributed by atoms with E-state index >= 15 is 0 Å². The molecule has 1 heterocycles. The summed E-state index contributed by atoms with van der Waals surface area (Å²) in [6, 6.07) is 4.03. The number of hydrogen-bond acceptors (Lipinski definition) is 3. The maximum atomic E-state index is 8.33. The Balaban J connectivity index is 2.47. The molecule has 1 aromatic heterocycles. The van der Waals surface area contributed by atoms with Gasteiger partial charge < -0.3 is 5.32 Å². The number of rotatable bonds is 4. The van der Waals surface area contributed by atoms with Crippen molar-refractivity contribution in [3.63, 3.8) is 0 Å². The molecule has 0 saturated carbocycles. The molecule has 0 atom stereocenters. The summed E-state index contributed by atoms with van der Waals surface area (Å²) in [5.74, 6) is 0. The molecule has 0 aromatic carbocycles. The molecular formula is C9H9Br2N3. The normalized spacial score (nSPS) is 9.79. The van der Waals surface area contributed by atoms with E-state index in [1.165, 1.54) is 0 Å². The lowest BCUT2D eigenvalue weighted by atomic mass is 10.3. The van der Waals surface area contributed by atoms with Crippen molar-refractivity contribution in [3.8, 4) is 6.07 Å². The quantitative estimate of drug-likeness (QED) is 0.868. The van der Waals surface area contributed by atoms with E-state index in [2.05, 4.69) is 48.2 Å². The highest BCUT2D eigenvalue weighted by molar-refractivity contribution is 9.11. The summed E-state index contributed by atoms with van der Waals surface area (Å²) in [5, 5.41) is 11.5. The minimum absolute atomic E-state index is 0.522. The molecule has 0 aliphatic rings. The highest BCUT2D eigenvalue weighted by Gasteiger charge is 2.01. The van der Waals surface area contributed by atoms with Crippen LogP contribution in [0.5, 0.6) is 0 Å². The van der Waals surface area contributed by atoms with E-state index in [4.69, 9.17) is 5.26 Å². The highest BCUT2D eigenvalue weighted by atomic mass is 79.9. The van der Waals surface area contributed by atoms with Gasteiger partial charge in [0.2, 0.25) is 0 Å². The van der Waals surface area contributed by atoms with Crippen LogP contribution in [0.15, 0.2) is 21.2 Å². The first-order valence-electron chi connectivity index (χ1n) is 4.11. The van der Waals surface area contributed by atoms with Crippen molar-refractivity contribution in [2.45, 2.75) is 13.0 Å². The number of nitriles is 1. The molecule has 0 unspecified atom stereocenters. The molecule has 1 aromatic rings. The summed E-state index contributed by atoms with van der Waals surface area (Å²) in [6.45, 7) is 1.37. The van der Waals surface area contributed by atoms with Gasteiger partial charge in [0.25, 0.3) is 0 Å². The first kappa shape index (κ1) is 11.6. The molecule has 1 N–H and O–H groups in total. The number of halogens is 2. The summed E-state index contributed by atoms with van der Waals surface area (Å²) < 4.78 is 1.92. The lowest BCUT2D eigenvalue weighted by Gasteiger charge is -2.04. The second-order valence-corrected chi connectivity index (χ2v) is 4.44. The maximum Gasteiger partial charge on any atom is 0.0684 e. The van der Waals surface area contributed by atoms with Gasteiger partial charge in [0.05, 0.1) is 11.8 Å². The van der Waals surface area contributed by atoms with E-state index in [9.17, 15) is 0 Å². The van der Waals surface area contributed by atoms with E-state index < -0.39 is 0 Å². The minimum atomic E-state index is 0.522. The number of hydrogen-bond donors (Lipinski definition) is 1. The van der Waals surface area contributed by atoms with E-state index in [0.29, 0.717) is 19.5 Å². The molecule has 0 saturated heterocycles. The molecule has 0 amide bonds. The van der Waals surface area contributed by atoms with Crippen molar-refractivity contribution in [2.24, 2.45) is 0 Å². The van der Waals surface area contributed by atoms with Crippen LogP contribution in [-0.4, -0.2) is 11.5 Å². The molecular weight excluding hydrogens is 310 g/mol. The van der Waals surface area contributed by atoms with Gasteiger partial charge in [-0.1, -0.05) is 0 Å². The Bertz CT molecular complexity index is 346. The lowest BCUT2D eigenvalue weighted by Crippen LogP contribution is -2.15. The van der Waals surface area contributed by atoms with E-state index in [1.807, 2.05) is 6.07 Å². The van der Waals surface area contributed by atoms with E-state index in [0.717, 1.165) is 14.6 Å². The molecule has 5 heteroatoms. The van der Waals surface area contributed by atoms with Gasteiger partial charge in [-0.25, -0.2) is 0 Å². The summed E-state index contributed by atoms with van der Waals surface area (Å²) in [4.78, 5) is 4.24. The van der Waals surface area contributed by atoms with Crippen LogP contribution in [0.3, 0.4) is 0 Å². The molecule has 3 nitrogen and oxygen atoms in total. The number of aromatic nitrogens is 1. The third-order valence-electron chi connectivity index (χ3n) is 1.59. The Kier molecular flexibility index (Phi) is 5.09. The molecule has 0 spiro atoms. The summed E-state index contributed by atoms with van der Waals surface area (Å²) in [5.41, 5.74) is 0.950. The zero-order valence-corrected chi connectivity index (χ0v) is 10.6. The Hall–Kier alpha value is -0.440.